The molecule has 1 N–H and O–H groups in total. The highest BCUT2D eigenvalue weighted by Gasteiger charge is 2.14. The topological polar surface area (TPSA) is 4.44 Å². The fourth-order valence-electron chi connectivity index (χ4n) is 8.01. The van der Waals surface area contributed by atoms with Crippen molar-refractivity contribution in [1.29, 1.82) is 0 Å². The van der Waals surface area contributed by atoms with Gasteiger partial charge in [-0.25, -0.2) is 0 Å². The maximum absolute atomic E-state index is 2.40. The third-order valence-electron chi connectivity index (χ3n) is 11.6. The quantitative estimate of drug-likeness (QED) is 0.0601. The van der Waals surface area contributed by atoms with E-state index in [2.05, 4.69) is 27.9 Å². The second-order valence-corrected chi connectivity index (χ2v) is 16.8. The predicted molar refractivity (Wildman–Crippen MR) is 222 cm³/mol. The lowest BCUT2D eigenvalue weighted by Crippen LogP contribution is -3.10. The smallest absolute Gasteiger partial charge is 0.0870 e. The van der Waals surface area contributed by atoms with Crippen molar-refractivity contribution < 1.29 is 17.3 Å². The van der Waals surface area contributed by atoms with Gasteiger partial charge in [0.05, 0.1) is 20.1 Å². The number of hydrogen-bond acceptors (Lipinski definition) is 0. The molecule has 298 valence electrons. The van der Waals surface area contributed by atoms with Gasteiger partial charge in [-0.05, 0) is 25.7 Å². The molecule has 0 saturated carbocycles. The normalized spacial score (nSPS) is 11.6. The number of rotatable bonds is 43. The van der Waals surface area contributed by atoms with Crippen molar-refractivity contribution in [3.05, 3.63) is 0 Å². The molecule has 0 bridgehead atoms. The first-order chi connectivity index (χ1) is 23.7. The Bertz CT molecular complexity index is 504. The summed E-state index contributed by atoms with van der Waals surface area (Å²) in [5.41, 5.74) is 0. The van der Waals surface area contributed by atoms with E-state index in [0.29, 0.717) is 0 Å². The van der Waals surface area contributed by atoms with Crippen LogP contribution in [0.5, 0.6) is 0 Å². The number of quaternary nitrogens is 1. The summed E-state index contributed by atoms with van der Waals surface area (Å²) in [6.45, 7) is 4.62. The molecule has 0 heterocycles. The first-order valence-electron chi connectivity index (χ1n) is 23.5. The molecule has 0 spiro atoms. The van der Waals surface area contributed by atoms with E-state index in [1.54, 1.807) is 4.90 Å². The van der Waals surface area contributed by atoms with E-state index in [4.69, 9.17) is 0 Å². The lowest BCUT2D eigenvalue weighted by atomic mass is 9.99. The van der Waals surface area contributed by atoms with Crippen LogP contribution in [0.15, 0.2) is 0 Å². The molecule has 0 aliphatic rings. The van der Waals surface area contributed by atoms with Gasteiger partial charge in [-0.3, -0.25) is 0 Å². The highest BCUT2D eigenvalue weighted by atomic mass is 35.5. The van der Waals surface area contributed by atoms with E-state index in [1.807, 2.05) is 0 Å². The molecule has 0 radical (unpaired) electrons. The van der Waals surface area contributed by atoms with E-state index in [9.17, 15) is 0 Å². The standard InChI is InChI=1S/C47H97N.ClH/c1-5-7-9-11-13-15-17-19-21-23-25-27-29-31-33-35-37-39-41-43-45-47(48(3)4)46-44-42-40-38-36-34-32-30-28-26-24-22-20-18-16-14-12-10-8-6-2;/h47H,5-46H2,1-4H3;1H. The van der Waals surface area contributed by atoms with Crippen molar-refractivity contribution in [2.24, 2.45) is 0 Å². The van der Waals surface area contributed by atoms with Crippen LogP contribution in [0.1, 0.15) is 284 Å². The average molecular weight is 713 g/mol. The molecule has 0 aliphatic carbocycles. The number of halogens is 1. The van der Waals surface area contributed by atoms with Gasteiger partial charge in [-0.2, -0.15) is 0 Å². The van der Waals surface area contributed by atoms with Gasteiger partial charge in [0.2, 0.25) is 0 Å². The van der Waals surface area contributed by atoms with E-state index in [1.165, 1.54) is 270 Å². The van der Waals surface area contributed by atoms with Gasteiger partial charge in [0.1, 0.15) is 0 Å². The summed E-state index contributed by atoms with van der Waals surface area (Å²) in [6, 6.07) is 0.899. The zero-order chi connectivity index (χ0) is 34.9. The Kier molecular flexibility index (Phi) is 48.5. The number of nitrogens with one attached hydrogen (secondary N) is 1. The lowest BCUT2D eigenvalue weighted by Gasteiger charge is -2.21. The molecular formula is C47H98ClN. The molecule has 0 aromatic carbocycles. The van der Waals surface area contributed by atoms with Crippen LogP contribution in [0.4, 0.5) is 0 Å². The Hall–Kier alpha value is 0.250. The zero-order valence-electron chi connectivity index (χ0n) is 35.2. The Balaban J connectivity index is 0. The summed E-state index contributed by atoms with van der Waals surface area (Å²) < 4.78 is 0. The largest absolute Gasteiger partial charge is 1.00 e. The maximum atomic E-state index is 2.40. The summed E-state index contributed by atoms with van der Waals surface area (Å²) >= 11 is 0. The summed E-state index contributed by atoms with van der Waals surface area (Å²) in [6.07, 6.45) is 62.0. The van der Waals surface area contributed by atoms with Crippen LogP contribution in [0.3, 0.4) is 0 Å². The molecule has 0 amide bonds. The van der Waals surface area contributed by atoms with Crippen molar-refractivity contribution in [2.75, 3.05) is 14.1 Å². The van der Waals surface area contributed by atoms with Crippen LogP contribution < -0.4 is 17.3 Å². The molecule has 0 atom stereocenters. The van der Waals surface area contributed by atoms with Gasteiger partial charge in [0, 0.05) is 0 Å². The summed E-state index contributed by atoms with van der Waals surface area (Å²) in [4.78, 5) is 1.70. The minimum atomic E-state index is 0. The maximum Gasteiger partial charge on any atom is 0.0870 e. The van der Waals surface area contributed by atoms with Crippen LogP contribution in [-0.4, -0.2) is 20.1 Å². The summed E-state index contributed by atoms with van der Waals surface area (Å²) in [5, 5.41) is 0. The molecule has 0 rings (SSSR count). The first kappa shape index (κ1) is 51.4. The molecule has 0 aromatic heterocycles. The van der Waals surface area contributed by atoms with Gasteiger partial charge in [0.25, 0.3) is 0 Å². The van der Waals surface area contributed by atoms with E-state index >= 15 is 0 Å². The molecule has 0 unspecified atom stereocenters. The fraction of sp³-hybridized carbons (Fsp3) is 1.00. The minimum absolute atomic E-state index is 0. The Morgan fingerprint density at radius 2 is 0.388 bits per heavy atom. The number of unbranched alkanes of at least 4 members (excludes halogenated alkanes) is 38. The highest BCUT2D eigenvalue weighted by molar-refractivity contribution is 4.59. The van der Waals surface area contributed by atoms with Crippen molar-refractivity contribution in [2.45, 2.75) is 290 Å². The summed E-state index contributed by atoms with van der Waals surface area (Å²) in [7, 11) is 4.80. The first-order valence-corrected chi connectivity index (χ1v) is 23.5. The third kappa shape index (κ3) is 44.3. The molecule has 0 saturated heterocycles. The lowest BCUT2D eigenvalue weighted by molar-refractivity contribution is -0.886. The fourth-order valence-corrected chi connectivity index (χ4v) is 8.01. The van der Waals surface area contributed by atoms with Gasteiger partial charge in [-0.15, -0.1) is 0 Å². The van der Waals surface area contributed by atoms with Gasteiger partial charge < -0.3 is 17.3 Å². The van der Waals surface area contributed by atoms with Crippen molar-refractivity contribution in [3.8, 4) is 0 Å². The van der Waals surface area contributed by atoms with Gasteiger partial charge >= 0.3 is 0 Å². The molecular weight excluding hydrogens is 614 g/mol. The van der Waals surface area contributed by atoms with E-state index < -0.39 is 0 Å². The number of hydrogen-bond donors (Lipinski definition) is 1. The second kappa shape index (κ2) is 46.3. The van der Waals surface area contributed by atoms with Crippen molar-refractivity contribution in [3.63, 3.8) is 0 Å². The third-order valence-corrected chi connectivity index (χ3v) is 11.6. The van der Waals surface area contributed by atoms with Gasteiger partial charge in [-0.1, -0.05) is 258 Å². The van der Waals surface area contributed by atoms with Crippen LogP contribution in [0, 0.1) is 0 Å². The zero-order valence-corrected chi connectivity index (χ0v) is 35.9. The SMILES string of the molecule is CCCCCCCCCCCCCCCCCCCCCCC(CCCCCCCCCCCCCCCCCCCCCC)[NH+](C)C.[Cl-]. The molecule has 49 heavy (non-hydrogen) atoms. The molecule has 1 nitrogen and oxygen atoms in total. The molecule has 0 fully saturated rings. The van der Waals surface area contributed by atoms with E-state index in [-0.39, 0.29) is 12.4 Å². The molecule has 0 aliphatic heterocycles. The van der Waals surface area contributed by atoms with Crippen LogP contribution in [0.25, 0.3) is 0 Å². The van der Waals surface area contributed by atoms with E-state index in [0.717, 1.165) is 6.04 Å². The summed E-state index contributed by atoms with van der Waals surface area (Å²) in [5.74, 6) is 0. The Labute approximate surface area is 319 Å². The highest BCUT2D eigenvalue weighted by Crippen LogP contribution is 2.18. The van der Waals surface area contributed by atoms with Crippen molar-refractivity contribution >= 4 is 0 Å². The predicted octanol–water partition coefficient (Wildman–Crippen LogP) is 12.9. The minimum Gasteiger partial charge on any atom is -1.00 e. The molecule has 2 heteroatoms. The van der Waals surface area contributed by atoms with Crippen LogP contribution in [0.2, 0.25) is 0 Å². The Morgan fingerprint density at radius 3 is 0.531 bits per heavy atom. The average Bonchev–Trinajstić information content (AvgIpc) is 3.08. The van der Waals surface area contributed by atoms with Crippen molar-refractivity contribution in [1.82, 2.24) is 0 Å². The van der Waals surface area contributed by atoms with Gasteiger partial charge in [0.15, 0.2) is 0 Å². The monoisotopic (exact) mass is 712 g/mol. The van der Waals surface area contributed by atoms with Crippen LogP contribution >= 0.6 is 0 Å². The molecule has 0 aromatic rings. The second-order valence-electron chi connectivity index (χ2n) is 16.8. The van der Waals surface area contributed by atoms with Crippen LogP contribution in [-0.2, 0) is 0 Å². The Morgan fingerprint density at radius 1 is 0.245 bits per heavy atom.